The third kappa shape index (κ3) is 3.86. The van der Waals surface area contributed by atoms with Crippen molar-refractivity contribution in [3.63, 3.8) is 0 Å². The van der Waals surface area contributed by atoms with Crippen LogP contribution in [0.2, 0.25) is 0 Å². The third-order valence-electron chi connectivity index (χ3n) is 2.33. The maximum absolute atomic E-state index is 12.3. The monoisotopic (exact) mass is 248 g/mol. The van der Waals surface area contributed by atoms with Gasteiger partial charge in [0.1, 0.15) is 0 Å². The van der Waals surface area contributed by atoms with Gasteiger partial charge in [0.05, 0.1) is 12.7 Å². The molecule has 0 aromatic heterocycles. The van der Waals surface area contributed by atoms with Crippen LogP contribution >= 0.6 is 0 Å². The van der Waals surface area contributed by atoms with E-state index in [1.54, 1.807) is 0 Å². The van der Waals surface area contributed by atoms with Crippen molar-refractivity contribution in [3.05, 3.63) is 0 Å². The first-order chi connectivity index (χ1) is 7.33. The molecule has 1 fully saturated rings. The van der Waals surface area contributed by atoms with Gasteiger partial charge in [-0.3, -0.25) is 0 Å². The molecular formula is C9H13F5O2. The maximum atomic E-state index is 12.3. The molecule has 96 valence electrons. The molecule has 0 N–H and O–H groups in total. The first-order valence-electron chi connectivity index (χ1n) is 5.03. The summed E-state index contributed by atoms with van der Waals surface area (Å²) in [5.41, 5.74) is 0. The zero-order valence-corrected chi connectivity index (χ0v) is 8.53. The topological polar surface area (TPSA) is 18.5 Å². The van der Waals surface area contributed by atoms with Crippen molar-refractivity contribution in [1.82, 2.24) is 0 Å². The molecule has 1 saturated heterocycles. The molecule has 1 aliphatic rings. The Bertz CT molecular complexity index is 210. The Balaban J connectivity index is 2.23. The van der Waals surface area contributed by atoms with Gasteiger partial charge in [-0.05, 0) is 25.7 Å². The highest BCUT2D eigenvalue weighted by Gasteiger charge is 2.59. The molecule has 1 unspecified atom stereocenters. The van der Waals surface area contributed by atoms with E-state index in [4.69, 9.17) is 4.74 Å². The smallest absolute Gasteiger partial charge is 0.378 e. The molecule has 16 heavy (non-hydrogen) atoms. The standard InChI is InChI=1S/C9H13F5O2/c10-8(11,12)9(13,14)16-6-4-7-3-1-2-5-15-7/h7H,1-6H2. The van der Waals surface area contributed by atoms with Crippen molar-refractivity contribution in [3.8, 4) is 0 Å². The van der Waals surface area contributed by atoms with Crippen LogP contribution in [0.15, 0.2) is 0 Å². The van der Waals surface area contributed by atoms with Gasteiger partial charge in [0.15, 0.2) is 0 Å². The molecule has 2 nitrogen and oxygen atoms in total. The van der Waals surface area contributed by atoms with Crippen LogP contribution in [0.3, 0.4) is 0 Å². The van der Waals surface area contributed by atoms with E-state index < -0.39 is 18.9 Å². The molecule has 0 aromatic carbocycles. The van der Waals surface area contributed by atoms with E-state index in [2.05, 4.69) is 4.74 Å². The van der Waals surface area contributed by atoms with Gasteiger partial charge in [-0.25, -0.2) is 0 Å². The number of rotatable bonds is 4. The van der Waals surface area contributed by atoms with Gasteiger partial charge in [-0.1, -0.05) is 0 Å². The van der Waals surface area contributed by atoms with Gasteiger partial charge in [-0.2, -0.15) is 22.0 Å². The van der Waals surface area contributed by atoms with E-state index in [-0.39, 0.29) is 12.5 Å². The average molecular weight is 248 g/mol. The van der Waals surface area contributed by atoms with E-state index in [9.17, 15) is 22.0 Å². The lowest BCUT2D eigenvalue weighted by molar-refractivity contribution is -0.391. The highest BCUT2D eigenvalue weighted by molar-refractivity contribution is 4.67. The third-order valence-corrected chi connectivity index (χ3v) is 2.33. The van der Waals surface area contributed by atoms with E-state index in [1.165, 1.54) is 0 Å². The fourth-order valence-electron chi connectivity index (χ4n) is 1.44. The number of hydrogen-bond acceptors (Lipinski definition) is 2. The van der Waals surface area contributed by atoms with E-state index >= 15 is 0 Å². The van der Waals surface area contributed by atoms with Crippen molar-refractivity contribution in [2.75, 3.05) is 13.2 Å². The number of ether oxygens (including phenoxy) is 2. The number of alkyl halides is 5. The van der Waals surface area contributed by atoms with Crippen LogP contribution in [0, 0.1) is 0 Å². The summed E-state index contributed by atoms with van der Waals surface area (Å²) in [5, 5.41) is 0. The Morgan fingerprint density at radius 2 is 1.81 bits per heavy atom. The van der Waals surface area contributed by atoms with Gasteiger partial charge >= 0.3 is 12.3 Å². The second kappa shape index (κ2) is 5.27. The van der Waals surface area contributed by atoms with Crippen molar-refractivity contribution in [2.45, 2.75) is 44.1 Å². The Hall–Kier alpha value is -0.430. The average Bonchev–Trinajstić information content (AvgIpc) is 2.17. The summed E-state index contributed by atoms with van der Waals surface area (Å²) in [5.74, 6) is 0. The van der Waals surface area contributed by atoms with Crippen LogP contribution in [0.1, 0.15) is 25.7 Å². The van der Waals surface area contributed by atoms with Gasteiger partial charge in [-0.15, -0.1) is 0 Å². The lowest BCUT2D eigenvalue weighted by Crippen LogP contribution is -2.39. The van der Waals surface area contributed by atoms with Gasteiger partial charge < -0.3 is 9.47 Å². The van der Waals surface area contributed by atoms with Crippen LogP contribution in [0.25, 0.3) is 0 Å². The van der Waals surface area contributed by atoms with Crippen molar-refractivity contribution in [2.24, 2.45) is 0 Å². The molecule has 7 heteroatoms. The summed E-state index contributed by atoms with van der Waals surface area (Å²) >= 11 is 0. The molecular weight excluding hydrogens is 235 g/mol. The minimum atomic E-state index is -5.65. The fourth-order valence-corrected chi connectivity index (χ4v) is 1.44. The Kier molecular flexibility index (Phi) is 4.49. The SMILES string of the molecule is FC(F)(F)C(F)(F)OCCC1CCCCO1. The van der Waals surface area contributed by atoms with Crippen LogP contribution in [0.5, 0.6) is 0 Å². The quantitative estimate of drug-likeness (QED) is 0.712. The number of halogens is 5. The minimum absolute atomic E-state index is 0.0612. The minimum Gasteiger partial charge on any atom is -0.378 e. The Morgan fingerprint density at radius 1 is 1.12 bits per heavy atom. The van der Waals surface area contributed by atoms with Crippen molar-refractivity contribution < 1.29 is 31.4 Å². The molecule has 0 aromatic rings. The summed E-state index contributed by atoms with van der Waals surface area (Å²) in [6.45, 7) is -0.127. The number of hydrogen-bond donors (Lipinski definition) is 0. The van der Waals surface area contributed by atoms with Crippen molar-refractivity contribution >= 4 is 0 Å². The summed E-state index contributed by atoms with van der Waals surface area (Å²) in [7, 11) is 0. The van der Waals surface area contributed by atoms with E-state index in [1.807, 2.05) is 0 Å². The van der Waals surface area contributed by atoms with Gasteiger partial charge in [0.25, 0.3) is 0 Å². The molecule has 0 spiro atoms. The molecule has 0 bridgehead atoms. The van der Waals surface area contributed by atoms with Crippen LogP contribution < -0.4 is 0 Å². The first kappa shape index (κ1) is 13.6. The highest BCUT2D eigenvalue weighted by Crippen LogP contribution is 2.36. The van der Waals surface area contributed by atoms with Crippen molar-refractivity contribution in [1.29, 1.82) is 0 Å². The predicted molar refractivity (Wildman–Crippen MR) is 45.2 cm³/mol. The molecule has 0 saturated carbocycles. The maximum Gasteiger partial charge on any atom is 0.482 e. The first-order valence-corrected chi connectivity index (χ1v) is 5.03. The molecule has 0 aliphatic carbocycles. The highest BCUT2D eigenvalue weighted by atomic mass is 19.4. The second-order valence-electron chi connectivity index (χ2n) is 3.64. The van der Waals surface area contributed by atoms with Crippen LogP contribution in [-0.2, 0) is 9.47 Å². The summed E-state index contributed by atoms with van der Waals surface area (Å²) in [6.07, 6.45) is -8.44. The summed E-state index contributed by atoms with van der Waals surface area (Å²) in [4.78, 5) is 0. The van der Waals surface area contributed by atoms with Crippen LogP contribution in [-0.4, -0.2) is 31.6 Å². The lowest BCUT2D eigenvalue weighted by atomic mass is 10.1. The molecule has 0 amide bonds. The zero-order chi connectivity index (χ0) is 12.2. The Labute approximate surface area is 89.7 Å². The van der Waals surface area contributed by atoms with Crippen LogP contribution in [0.4, 0.5) is 22.0 Å². The second-order valence-corrected chi connectivity index (χ2v) is 3.64. The lowest BCUT2D eigenvalue weighted by Gasteiger charge is -2.24. The molecule has 1 heterocycles. The predicted octanol–water partition coefficient (Wildman–Crippen LogP) is 3.12. The molecule has 1 atom stereocenters. The fraction of sp³-hybridized carbons (Fsp3) is 1.00. The largest absolute Gasteiger partial charge is 0.482 e. The zero-order valence-electron chi connectivity index (χ0n) is 8.53. The summed E-state index contributed by atoms with van der Waals surface area (Å²) in [6, 6.07) is 0. The van der Waals surface area contributed by atoms with E-state index in [0.717, 1.165) is 12.8 Å². The molecule has 1 rings (SSSR count). The molecule has 1 aliphatic heterocycles. The van der Waals surface area contributed by atoms with E-state index in [0.29, 0.717) is 13.0 Å². The summed E-state index contributed by atoms with van der Waals surface area (Å²) < 4.78 is 68.4. The normalized spacial score (nSPS) is 23.4. The molecule has 0 radical (unpaired) electrons. The van der Waals surface area contributed by atoms with Gasteiger partial charge in [0, 0.05) is 6.61 Å². The van der Waals surface area contributed by atoms with Gasteiger partial charge in [0.2, 0.25) is 0 Å². The Morgan fingerprint density at radius 3 is 2.31 bits per heavy atom.